The second-order valence-electron chi connectivity index (χ2n) is 4.84. The predicted molar refractivity (Wildman–Crippen MR) is 79.0 cm³/mol. The van der Waals surface area contributed by atoms with Crippen LogP contribution in [0.3, 0.4) is 0 Å². The van der Waals surface area contributed by atoms with Gasteiger partial charge in [0, 0.05) is 23.1 Å². The van der Waals surface area contributed by atoms with E-state index in [9.17, 15) is 0 Å². The molecule has 0 fully saturated rings. The molecule has 1 aromatic heterocycles. The number of nitrogens with zero attached hydrogens (tertiary/aromatic N) is 1. The van der Waals surface area contributed by atoms with Crippen molar-refractivity contribution in [2.24, 2.45) is 5.73 Å². The van der Waals surface area contributed by atoms with E-state index in [1.807, 2.05) is 0 Å². The molecule has 1 heterocycles. The van der Waals surface area contributed by atoms with Crippen molar-refractivity contribution in [3.05, 3.63) is 35.5 Å². The summed E-state index contributed by atoms with van der Waals surface area (Å²) >= 11 is 0. The van der Waals surface area contributed by atoms with Gasteiger partial charge in [-0.05, 0) is 37.4 Å². The molecule has 0 aliphatic heterocycles. The molecule has 0 spiro atoms. The maximum atomic E-state index is 5.67. The van der Waals surface area contributed by atoms with E-state index < -0.39 is 0 Å². The van der Waals surface area contributed by atoms with E-state index in [1.54, 1.807) is 0 Å². The summed E-state index contributed by atoms with van der Waals surface area (Å²) in [6, 6.07) is 8.78. The van der Waals surface area contributed by atoms with Gasteiger partial charge in [0.15, 0.2) is 0 Å². The van der Waals surface area contributed by atoms with Gasteiger partial charge < -0.3 is 10.3 Å². The SMILES string of the molecule is CCCc1c(CC)c2ccccc2n1CCCN. The fraction of sp³-hybridized carbons (Fsp3) is 0.500. The van der Waals surface area contributed by atoms with E-state index in [-0.39, 0.29) is 0 Å². The van der Waals surface area contributed by atoms with Crippen molar-refractivity contribution in [1.82, 2.24) is 4.57 Å². The molecular formula is C16H24N2. The van der Waals surface area contributed by atoms with Crippen molar-refractivity contribution < 1.29 is 0 Å². The Hall–Kier alpha value is -1.28. The first-order valence-electron chi connectivity index (χ1n) is 7.12. The van der Waals surface area contributed by atoms with Gasteiger partial charge in [-0.15, -0.1) is 0 Å². The highest BCUT2D eigenvalue weighted by molar-refractivity contribution is 5.85. The number of nitrogens with two attached hydrogens (primary N) is 1. The lowest BCUT2D eigenvalue weighted by Crippen LogP contribution is -2.09. The molecule has 98 valence electrons. The molecule has 0 unspecified atom stereocenters. The molecule has 0 radical (unpaired) electrons. The number of para-hydroxylation sites is 1. The van der Waals surface area contributed by atoms with Crippen molar-refractivity contribution in [2.45, 2.75) is 46.1 Å². The van der Waals surface area contributed by atoms with Crippen LogP contribution in [-0.2, 0) is 19.4 Å². The number of rotatable bonds is 6. The molecule has 0 saturated heterocycles. The van der Waals surface area contributed by atoms with Crippen LogP contribution in [0.15, 0.2) is 24.3 Å². The molecule has 2 nitrogen and oxygen atoms in total. The Morgan fingerprint density at radius 1 is 1.17 bits per heavy atom. The van der Waals surface area contributed by atoms with Gasteiger partial charge in [-0.3, -0.25) is 0 Å². The third-order valence-corrected chi connectivity index (χ3v) is 3.62. The standard InChI is InChI=1S/C16H24N2/c1-3-8-15-13(4-2)14-9-5-6-10-16(14)18(15)12-7-11-17/h5-6,9-10H,3-4,7-8,11-12,17H2,1-2H3. The minimum absolute atomic E-state index is 0.763. The summed E-state index contributed by atoms with van der Waals surface area (Å²) in [6.07, 6.45) is 4.54. The molecule has 0 aliphatic rings. The van der Waals surface area contributed by atoms with Gasteiger partial charge in [-0.1, -0.05) is 38.5 Å². The van der Waals surface area contributed by atoms with Gasteiger partial charge in [0.1, 0.15) is 0 Å². The van der Waals surface area contributed by atoms with Gasteiger partial charge in [0.05, 0.1) is 0 Å². The lowest BCUT2D eigenvalue weighted by Gasteiger charge is -2.10. The predicted octanol–water partition coefficient (Wildman–Crippen LogP) is 3.51. The highest BCUT2D eigenvalue weighted by Gasteiger charge is 2.14. The second-order valence-corrected chi connectivity index (χ2v) is 4.84. The Morgan fingerprint density at radius 3 is 2.61 bits per heavy atom. The Morgan fingerprint density at radius 2 is 1.94 bits per heavy atom. The maximum absolute atomic E-state index is 5.67. The number of aryl methyl sites for hydroxylation is 2. The number of aromatic nitrogens is 1. The Balaban J connectivity index is 2.58. The fourth-order valence-corrected chi connectivity index (χ4v) is 2.85. The number of fused-ring (bicyclic) bond motifs is 1. The Kier molecular flexibility index (Phi) is 4.43. The maximum Gasteiger partial charge on any atom is 0.0485 e. The molecule has 0 aliphatic carbocycles. The molecule has 1 aromatic carbocycles. The van der Waals surface area contributed by atoms with Crippen LogP contribution in [0, 0.1) is 0 Å². The van der Waals surface area contributed by atoms with Crippen LogP contribution in [0.4, 0.5) is 0 Å². The van der Waals surface area contributed by atoms with Crippen LogP contribution in [0.25, 0.3) is 10.9 Å². The quantitative estimate of drug-likeness (QED) is 0.828. The summed E-state index contributed by atoms with van der Waals surface area (Å²) in [6.45, 7) is 6.32. The fourth-order valence-electron chi connectivity index (χ4n) is 2.85. The van der Waals surface area contributed by atoms with Gasteiger partial charge in [0.25, 0.3) is 0 Å². The lowest BCUT2D eigenvalue weighted by atomic mass is 10.1. The van der Waals surface area contributed by atoms with E-state index in [1.165, 1.54) is 35.0 Å². The highest BCUT2D eigenvalue weighted by atomic mass is 15.0. The summed E-state index contributed by atoms with van der Waals surface area (Å²) in [5, 5.41) is 1.43. The second kappa shape index (κ2) is 6.05. The summed E-state index contributed by atoms with van der Waals surface area (Å²) in [5.41, 5.74) is 10.1. The molecule has 0 amide bonds. The van der Waals surface area contributed by atoms with E-state index >= 15 is 0 Å². The van der Waals surface area contributed by atoms with E-state index in [0.717, 1.165) is 25.9 Å². The zero-order chi connectivity index (χ0) is 13.0. The zero-order valence-corrected chi connectivity index (χ0v) is 11.6. The smallest absolute Gasteiger partial charge is 0.0485 e. The molecule has 0 atom stereocenters. The molecule has 0 bridgehead atoms. The molecule has 0 saturated carbocycles. The van der Waals surface area contributed by atoms with Crippen molar-refractivity contribution in [3.8, 4) is 0 Å². The van der Waals surface area contributed by atoms with Crippen LogP contribution in [0.2, 0.25) is 0 Å². The molecular weight excluding hydrogens is 220 g/mol. The number of benzene rings is 1. The van der Waals surface area contributed by atoms with Gasteiger partial charge >= 0.3 is 0 Å². The summed E-state index contributed by atoms with van der Waals surface area (Å²) in [4.78, 5) is 0. The minimum Gasteiger partial charge on any atom is -0.344 e. The monoisotopic (exact) mass is 244 g/mol. The van der Waals surface area contributed by atoms with Gasteiger partial charge in [-0.2, -0.15) is 0 Å². The van der Waals surface area contributed by atoms with Crippen molar-refractivity contribution in [1.29, 1.82) is 0 Å². The van der Waals surface area contributed by atoms with Crippen LogP contribution < -0.4 is 5.73 Å². The highest BCUT2D eigenvalue weighted by Crippen LogP contribution is 2.28. The summed E-state index contributed by atoms with van der Waals surface area (Å²) in [7, 11) is 0. The van der Waals surface area contributed by atoms with Gasteiger partial charge in [0.2, 0.25) is 0 Å². The van der Waals surface area contributed by atoms with Crippen molar-refractivity contribution in [3.63, 3.8) is 0 Å². The molecule has 2 heteroatoms. The van der Waals surface area contributed by atoms with Crippen LogP contribution in [0.5, 0.6) is 0 Å². The first-order valence-corrected chi connectivity index (χ1v) is 7.12. The number of hydrogen-bond acceptors (Lipinski definition) is 1. The Labute approximate surface area is 110 Å². The first-order chi connectivity index (χ1) is 8.83. The van der Waals surface area contributed by atoms with Crippen LogP contribution >= 0.6 is 0 Å². The average molecular weight is 244 g/mol. The van der Waals surface area contributed by atoms with Crippen LogP contribution in [0.1, 0.15) is 37.9 Å². The third-order valence-electron chi connectivity index (χ3n) is 3.62. The molecule has 2 aromatic rings. The number of hydrogen-bond donors (Lipinski definition) is 1. The zero-order valence-electron chi connectivity index (χ0n) is 11.6. The average Bonchev–Trinajstić information content (AvgIpc) is 2.70. The largest absolute Gasteiger partial charge is 0.344 e. The van der Waals surface area contributed by atoms with Crippen LogP contribution in [-0.4, -0.2) is 11.1 Å². The Bertz CT molecular complexity index is 511. The molecule has 18 heavy (non-hydrogen) atoms. The normalized spacial score (nSPS) is 11.3. The summed E-state index contributed by atoms with van der Waals surface area (Å²) < 4.78 is 2.49. The third kappa shape index (κ3) is 2.30. The van der Waals surface area contributed by atoms with Gasteiger partial charge in [-0.25, -0.2) is 0 Å². The molecule has 2 rings (SSSR count). The van der Waals surface area contributed by atoms with E-state index in [0.29, 0.717) is 0 Å². The van der Waals surface area contributed by atoms with Crippen molar-refractivity contribution in [2.75, 3.05) is 6.54 Å². The minimum atomic E-state index is 0.763. The topological polar surface area (TPSA) is 30.9 Å². The van der Waals surface area contributed by atoms with E-state index in [4.69, 9.17) is 5.73 Å². The first kappa shape index (κ1) is 13.2. The molecule has 2 N–H and O–H groups in total. The van der Waals surface area contributed by atoms with E-state index in [2.05, 4.69) is 42.7 Å². The lowest BCUT2D eigenvalue weighted by molar-refractivity contribution is 0.633. The summed E-state index contributed by atoms with van der Waals surface area (Å²) in [5.74, 6) is 0. The van der Waals surface area contributed by atoms with Crippen molar-refractivity contribution >= 4 is 10.9 Å².